The minimum atomic E-state index is -4.20. The molecular weight excluding hydrogens is 430 g/mol. The molecule has 2 aromatic rings. The van der Waals surface area contributed by atoms with E-state index >= 15 is 0 Å². The number of rotatable bonds is 1. The number of piperidine rings is 1. The van der Waals surface area contributed by atoms with Gasteiger partial charge in [0.25, 0.3) is 10.0 Å². The molecule has 0 spiro atoms. The van der Waals surface area contributed by atoms with Crippen LogP contribution < -0.4 is 14.4 Å². The van der Waals surface area contributed by atoms with Crippen LogP contribution in [-0.2, 0) is 10.0 Å². The van der Waals surface area contributed by atoms with Crippen molar-refractivity contribution in [2.75, 3.05) is 22.8 Å². The van der Waals surface area contributed by atoms with Crippen LogP contribution in [0, 0.1) is 11.3 Å². The number of hydrogen-bond acceptors (Lipinski definition) is 6. The monoisotopic (exact) mass is 447 g/mol. The van der Waals surface area contributed by atoms with Gasteiger partial charge in [0.05, 0.1) is 33.6 Å². The molecule has 1 atom stereocenters. The van der Waals surface area contributed by atoms with Gasteiger partial charge in [-0.05, 0) is 49.6 Å². The third-order valence-electron chi connectivity index (χ3n) is 5.30. The topological polar surface area (TPSA) is 120 Å². The van der Waals surface area contributed by atoms with Crippen LogP contribution in [0.3, 0.4) is 0 Å². The van der Waals surface area contributed by atoms with Crippen molar-refractivity contribution in [1.82, 2.24) is 0 Å². The van der Waals surface area contributed by atoms with Crippen LogP contribution in [0.5, 0.6) is 5.75 Å². The number of nitrogens with one attached hydrogen (secondary N) is 1. The lowest BCUT2D eigenvalue weighted by Gasteiger charge is -2.39. The number of nitrogens with zero attached hydrogens (tertiary/aromatic N) is 2. The van der Waals surface area contributed by atoms with E-state index in [2.05, 4.69) is 4.72 Å². The van der Waals surface area contributed by atoms with Crippen LogP contribution in [0.15, 0.2) is 35.2 Å². The standard InChI is InChI=1S/C20H18ClN3O5S/c21-15-9-17-16(7-13(15)10-22)23-30(27,28)19-8-12(20(25)26)4-5-18(19)29-11-14-3-1-2-6-24(14)17/h4-5,7-9,14,23H,1-3,6,11H2,(H,25,26). The normalized spacial score (nSPS) is 19.7. The van der Waals surface area contributed by atoms with Crippen LogP contribution in [0.2, 0.25) is 5.02 Å². The summed E-state index contributed by atoms with van der Waals surface area (Å²) in [6.07, 6.45) is 2.77. The van der Waals surface area contributed by atoms with Crippen molar-refractivity contribution >= 4 is 39.0 Å². The Bertz CT molecular complexity index is 1180. The van der Waals surface area contributed by atoms with E-state index < -0.39 is 16.0 Å². The quantitative estimate of drug-likeness (QED) is 0.686. The molecule has 2 N–H and O–H groups in total. The number of fused-ring (bicyclic) bond motifs is 4. The number of carbonyl (C=O) groups is 1. The van der Waals surface area contributed by atoms with E-state index in [4.69, 9.17) is 16.3 Å². The van der Waals surface area contributed by atoms with Gasteiger partial charge in [-0.3, -0.25) is 4.72 Å². The maximum atomic E-state index is 13.2. The Hall–Kier alpha value is -2.96. The highest BCUT2D eigenvalue weighted by atomic mass is 35.5. The van der Waals surface area contributed by atoms with Gasteiger partial charge < -0.3 is 14.7 Å². The van der Waals surface area contributed by atoms with E-state index in [0.717, 1.165) is 25.3 Å². The predicted molar refractivity (Wildman–Crippen MR) is 111 cm³/mol. The molecule has 0 radical (unpaired) electrons. The Labute approximate surface area is 178 Å². The SMILES string of the molecule is N#Cc1cc2c(cc1Cl)N1CCCCC1COc1ccc(C(=O)O)cc1S(=O)(=O)N2. The molecule has 156 valence electrons. The summed E-state index contributed by atoms with van der Waals surface area (Å²) in [5, 5.41) is 18.9. The van der Waals surface area contributed by atoms with Gasteiger partial charge in [0.15, 0.2) is 0 Å². The zero-order valence-electron chi connectivity index (χ0n) is 15.8. The summed E-state index contributed by atoms with van der Waals surface area (Å²) < 4.78 is 34.7. The molecule has 2 aromatic carbocycles. The van der Waals surface area contributed by atoms with E-state index in [1.807, 2.05) is 11.0 Å². The highest BCUT2D eigenvalue weighted by Crippen LogP contribution is 2.39. The Balaban J connectivity index is 1.92. The van der Waals surface area contributed by atoms with Gasteiger partial charge in [-0.25, -0.2) is 13.2 Å². The first kappa shape index (κ1) is 20.3. The lowest BCUT2D eigenvalue weighted by molar-refractivity contribution is 0.0696. The van der Waals surface area contributed by atoms with Crippen LogP contribution in [0.4, 0.5) is 11.4 Å². The number of aromatic carboxylic acids is 1. The third-order valence-corrected chi connectivity index (χ3v) is 7.00. The van der Waals surface area contributed by atoms with E-state index in [1.165, 1.54) is 18.2 Å². The summed E-state index contributed by atoms with van der Waals surface area (Å²) in [5.74, 6) is -1.17. The molecule has 4 rings (SSSR count). The van der Waals surface area contributed by atoms with Gasteiger partial charge in [0, 0.05) is 6.54 Å². The van der Waals surface area contributed by atoms with Gasteiger partial charge in [0.1, 0.15) is 23.3 Å². The fourth-order valence-corrected chi connectivity index (χ4v) is 5.25. The van der Waals surface area contributed by atoms with Crippen LogP contribution >= 0.6 is 11.6 Å². The fraction of sp³-hybridized carbons (Fsp3) is 0.300. The van der Waals surface area contributed by atoms with E-state index in [0.29, 0.717) is 12.2 Å². The molecule has 10 heteroatoms. The van der Waals surface area contributed by atoms with Crippen molar-refractivity contribution in [3.8, 4) is 11.8 Å². The number of hydrogen-bond donors (Lipinski definition) is 2. The minimum absolute atomic E-state index is 0.0314. The summed E-state index contributed by atoms with van der Waals surface area (Å²) >= 11 is 6.24. The second-order valence-electron chi connectivity index (χ2n) is 7.19. The smallest absolute Gasteiger partial charge is 0.335 e. The number of benzene rings is 2. The van der Waals surface area contributed by atoms with Gasteiger partial charge in [-0.15, -0.1) is 0 Å². The molecule has 1 fully saturated rings. The average Bonchev–Trinajstić information content (AvgIpc) is 2.72. The van der Waals surface area contributed by atoms with Crippen molar-refractivity contribution in [3.05, 3.63) is 46.5 Å². The van der Waals surface area contributed by atoms with Crippen molar-refractivity contribution in [2.24, 2.45) is 0 Å². The van der Waals surface area contributed by atoms with Crippen molar-refractivity contribution < 1.29 is 23.1 Å². The maximum absolute atomic E-state index is 13.2. The average molecular weight is 448 g/mol. The second-order valence-corrected chi connectivity index (χ2v) is 9.25. The molecular formula is C20H18ClN3O5S. The number of carboxylic acids is 1. The van der Waals surface area contributed by atoms with E-state index in [1.54, 1.807) is 6.07 Å². The highest BCUT2D eigenvalue weighted by molar-refractivity contribution is 7.92. The number of sulfonamides is 1. The van der Waals surface area contributed by atoms with Gasteiger partial charge in [-0.1, -0.05) is 11.6 Å². The zero-order valence-corrected chi connectivity index (χ0v) is 17.3. The van der Waals surface area contributed by atoms with Gasteiger partial charge in [-0.2, -0.15) is 5.26 Å². The summed E-state index contributed by atoms with van der Waals surface area (Å²) in [7, 11) is -4.20. The first-order valence-electron chi connectivity index (χ1n) is 9.33. The number of ether oxygens (including phenoxy) is 1. The summed E-state index contributed by atoms with van der Waals surface area (Å²) in [6, 6.07) is 8.67. The lowest BCUT2D eigenvalue weighted by Crippen LogP contribution is -2.44. The fourth-order valence-electron chi connectivity index (χ4n) is 3.81. The van der Waals surface area contributed by atoms with Gasteiger partial charge >= 0.3 is 5.97 Å². The largest absolute Gasteiger partial charge is 0.490 e. The molecule has 0 bridgehead atoms. The molecule has 8 nitrogen and oxygen atoms in total. The molecule has 1 unspecified atom stereocenters. The summed E-state index contributed by atoms with van der Waals surface area (Å²) in [4.78, 5) is 13.1. The Morgan fingerprint density at radius 3 is 2.83 bits per heavy atom. The number of carboxylic acid groups (broad SMARTS) is 1. The molecule has 1 saturated heterocycles. The molecule has 0 amide bonds. The number of anilines is 2. The number of halogens is 1. The summed E-state index contributed by atoms with van der Waals surface area (Å²) in [6.45, 7) is 0.918. The maximum Gasteiger partial charge on any atom is 0.335 e. The molecule has 2 aliphatic rings. The van der Waals surface area contributed by atoms with Crippen molar-refractivity contribution in [3.63, 3.8) is 0 Å². The van der Waals surface area contributed by atoms with Crippen molar-refractivity contribution in [2.45, 2.75) is 30.2 Å². The van der Waals surface area contributed by atoms with Crippen LogP contribution in [-0.4, -0.2) is 38.7 Å². The molecule has 0 aliphatic carbocycles. The first-order chi connectivity index (χ1) is 14.3. The van der Waals surface area contributed by atoms with Crippen molar-refractivity contribution in [1.29, 1.82) is 5.26 Å². The molecule has 30 heavy (non-hydrogen) atoms. The molecule has 0 saturated carbocycles. The molecule has 0 aromatic heterocycles. The Morgan fingerprint density at radius 2 is 2.10 bits per heavy atom. The Morgan fingerprint density at radius 1 is 1.30 bits per heavy atom. The van der Waals surface area contributed by atoms with E-state index in [-0.39, 0.29) is 45.1 Å². The third kappa shape index (κ3) is 3.64. The van der Waals surface area contributed by atoms with Gasteiger partial charge in [0.2, 0.25) is 0 Å². The molecule has 2 aliphatic heterocycles. The van der Waals surface area contributed by atoms with Crippen LogP contribution in [0.25, 0.3) is 0 Å². The predicted octanol–water partition coefficient (Wildman–Crippen LogP) is 3.46. The second kappa shape index (κ2) is 7.70. The lowest BCUT2D eigenvalue weighted by atomic mass is 10.0. The zero-order chi connectivity index (χ0) is 21.5. The molecule has 2 heterocycles. The minimum Gasteiger partial charge on any atom is -0.490 e. The van der Waals surface area contributed by atoms with E-state index in [9.17, 15) is 23.6 Å². The van der Waals surface area contributed by atoms with Crippen LogP contribution in [0.1, 0.15) is 35.2 Å². The number of nitriles is 1. The summed E-state index contributed by atoms with van der Waals surface area (Å²) in [5.41, 5.74) is 0.748. The Kier molecular flexibility index (Phi) is 5.22. The first-order valence-corrected chi connectivity index (χ1v) is 11.2. The highest BCUT2D eigenvalue weighted by Gasteiger charge is 2.31.